The van der Waals surface area contributed by atoms with Gasteiger partial charge >= 0.3 is 5.97 Å². The van der Waals surface area contributed by atoms with Crippen molar-refractivity contribution in [3.8, 4) is 17.6 Å². The first-order valence-electron chi connectivity index (χ1n) is 7.60. The summed E-state index contributed by atoms with van der Waals surface area (Å²) in [5, 5.41) is 11.8. The van der Waals surface area contributed by atoms with E-state index in [0.717, 1.165) is 0 Å². The van der Waals surface area contributed by atoms with Gasteiger partial charge in [-0.1, -0.05) is 19.9 Å². The van der Waals surface area contributed by atoms with Crippen molar-refractivity contribution < 1.29 is 19.1 Å². The molecule has 24 heavy (non-hydrogen) atoms. The van der Waals surface area contributed by atoms with Gasteiger partial charge < -0.3 is 14.8 Å². The van der Waals surface area contributed by atoms with E-state index in [9.17, 15) is 9.59 Å². The van der Waals surface area contributed by atoms with Crippen LogP contribution < -0.4 is 14.8 Å². The lowest BCUT2D eigenvalue weighted by Crippen LogP contribution is -2.30. The zero-order valence-corrected chi connectivity index (χ0v) is 14.5. The minimum atomic E-state index is -0.443. The highest BCUT2D eigenvalue weighted by molar-refractivity contribution is 6.01. The Labute approximate surface area is 142 Å². The van der Waals surface area contributed by atoms with Crippen molar-refractivity contribution in [1.29, 1.82) is 5.26 Å². The second kappa shape index (κ2) is 8.73. The van der Waals surface area contributed by atoms with E-state index in [1.54, 1.807) is 32.0 Å². The molecule has 6 nitrogen and oxygen atoms in total. The highest BCUT2D eigenvalue weighted by Gasteiger charge is 2.15. The van der Waals surface area contributed by atoms with Crippen LogP contribution in [0.5, 0.6) is 11.5 Å². The van der Waals surface area contributed by atoms with Gasteiger partial charge in [-0.15, -0.1) is 0 Å². The Bertz CT molecular complexity index is 685. The molecule has 6 heteroatoms. The van der Waals surface area contributed by atoms with Crippen LogP contribution in [-0.4, -0.2) is 25.0 Å². The van der Waals surface area contributed by atoms with Crippen LogP contribution >= 0.6 is 0 Å². The van der Waals surface area contributed by atoms with Crippen molar-refractivity contribution in [1.82, 2.24) is 5.32 Å². The summed E-state index contributed by atoms with van der Waals surface area (Å²) in [6.45, 7) is 7.10. The van der Waals surface area contributed by atoms with Crippen LogP contribution in [0.1, 0.15) is 33.3 Å². The monoisotopic (exact) mass is 330 g/mol. The number of ether oxygens (including phenoxy) is 2. The number of nitrogens with one attached hydrogen (secondary N) is 1. The fraction of sp³-hybridized carbons (Fsp3) is 0.389. The third-order valence-corrected chi connectivity index (χ3v) is 2.97. The smallest absolute Gasteiger partial charge is 0.313 e. The SMILES string of the molecule is COc1cc(/C=C(\C#N)C(=O)NC(C)C)ccc1OC(=O)C(C)C. The molecule has 0 saturated carbocycles. The molecule has 1 rings (SSSR count). The molecule has 0 spiro atoms. The van der Waals surface area contributed by atoms with Crippen LogP contribution in [0.3, 0.4) is 0 Å². The van der Waals surface area contributed by atoms with Gasteiger partial charge in [0, 0.05) is 6.04 Å². The van der Waals surface area contributed by atoms with Gasteiger partial charge in [-0.3, -0.25) is 9.59 Å². The third-order valence-electron chi connectivity index (χ3n) is 2.97. The van der Waals surface area contributed by atoms with Gasteiger partial charge in [0.2, 0.25) is 0 Å². The van der Waals surface area contributed by atoms with E-state index in [4.69, 9.17) is 14.7 Å². The first-order valence-corrected chi connectivity index (χ1v) is 7.60. The molecule has 0 heterocycles. The summed E-state index contributed by atoms with van der Waals surface area (Å²) in [4.78, 5) is 23.6. The quantitative estimate of drug-likeness (QED) is 0.375. The molecule has 128 valence electrons. The van der Waals surface area contributed by atoms with E-state index in [1.165, 1.54) is 13.2 Å². The van der Waals surface area contributed by atoms with Crippen LogP contribution in [0.25, 0.3) is 6.08 Å². The zero-order valence-electron chi connectivity index (χ0n) is 14.5. The van der Waals surface area contributed by atoms with Crippen molar-refractivity contribution in [2.24, 2.45) is 5.92 Å². The first kappa shape index (κ1) is 19.2. The van der Waals surface area contributed by atoms with Crippen molar-refractivity contribution in [3.63, 3.8) is 0 Å². The fourth-order valence-electron chi connectivity index (χ4n) is 1.74. The van der Waals surface area contributed by atoms with Crippen molar-refractivity contribution in [2.75, 3.05) is 7.11 Å². The fourth-order valence-corrected chi connectivity index (χ4v) is 1.74. The molecule has 1 aromatic rings. The lowest BCUT2D eigenvalue weighted by Gasteiger charge is -2.11. The molecular formula is C18H22N2O4. The summed E-state index contributed by atoms with van der Waals surface area (Å²) < 4.78 is 10.5. The minimum Gasteiger partial charge on any atom is -0.493 e. The number of methoxy groups -OCH3 is 1. The highest BCUT2D eigenvalue weighted by Crippen LogP contribution is 2.29. The van der Waals surface area contributed by atoms with Crippen LogP contribution in [-0.2, 0) is 9.59 Å². The molecule has 1 aromatic carbocycles. The van der Waals surface area contributed by atoms with E-state index in [0.29, 0.717) is 17.1 Å². The van der Waals surface area contributed by atoms with Gasteiger partial charge in [0.15, 0.2) is 11.5 Å². The molecule has 0 bridgehead atoms. The van der Waals surface area contributed by atoms with Gasteiger partial charge in [-0.25, -0.2) is 0 Å². The number of benzene rings is 1. The number of rotatable bonds is 6. The summed E-state index contributed by atoms with van der Waals surface area (Å²) in [6.07, 6.45) is 1.45. The number of nitriles is 1. The Hall–Kier alpha value is -2.81. The number of carbonyl (C=O) groups is 2. The molecule has 1 amide bonds. The van der Waals surface area contributed by atoms with Crippen molar-refractivity contribution >= 4 is 18.0 Å². The average Bonchev–Trinajstić information content (AvgIpc) is 2.52. The summed E-state index contributed by atoms with van der Waals surface area (Å²) in [6, 6.07) is 6.62. The van der Waals surface area contributed by atoms with Crippen molar-refractivity contribution in [3.05, 3.63) is 29.3 Å². The predicted molar refractivity (Wildman–Crippen MR) is 90.3 cm³/mol. The topological polar surface area (TPSA) is 88.4 Å². The predicted octanol–water partition coefficient (Wildman–Crippen LogP) is 2.69. The molecule has 0 radical (unpaired) electrons. The number of esters is 1. The average molecular weight is 330 g/mol. The van der Waals surface area contributed by atoms with Crippen LogP contribution in [0.15, 0.2) is 23.8 Å². The molecular weight excluding hydrogens is 308 g/mol. The number of amides is 1. The van der Waals surface area contributed by atoms with E-state index in [1.807, 2.05) is 19.9 Å². The van der Waals surface area contributed by atoms with Gasteiger partial charge in [0.25, 0.3) is 5.91 Å². The van der Waals surface area contributed by atoms with Crippen LogP contribution in [0, 0.1) is 17.2 Å². The lowest BCUT2D eigenvalue weighted by molar-refractivity contribution is -0.137. The second-order valence-electron chi connectivity index (χ2n) is 5.78. The normalized spacial score (nSPS) is 11.2. The zero-order chi connectivity index (χ0) is 18.3. The van der Waals surface area contributed by atoms with Crippen LogP contribution in [0.4, 0.5) is 0 Å². The third kappa shape index (κ3) is 5.43. The molecule has 0 saturated heterocycles. The number of nitrogens with zero attached hydrogens (tertiary/aromatic N) is 1. The largest absolute Gasteiger partial charge is 0.493 e. The Morgan fingerprint density at radius 1 is 1.21 bits per heavy atom. The Morgan fingerprint density at radius 2 is 1.88 bits per heavy atom. The highest BCUT2D eigenvalue weighted by atomic mass is 16.6. The maximum Gasteiger partial charge on any atom is 0.313 e. The molecule has 0 fully saturated rings. The minimum absolute atomic E-state index is 0.0160. The second-order valence-corrected chi connectivity index (χ2v) is 5.78. The molecule has 0 atom stereocenters. The summed E-state index contributed by atoms with van der Waals surface area (Å²) in [5.74, 6) is -0.440. The first-order chi connectivity index (χ1) is 11.3. The van der Waals surface area contributed by atoms with Gasteiger partial charge in [-0.05, 0) is 37.6 Å². The van der Waals surface area contributed by atoms with E-state index in [-0.39, 0.29) is 23.5 Å². The van der Waals surface area contributed by atoms with E-state index >= 15 is 0 Å². The molecule has 0 aromatic heterocycles. The Balaban J connectivity index is 3.09. The maximum absolute atomic E-state index is 11.9. The summed E-state index contributed by atoms with van der Waals surface area (Å²) >= 11 is 0. The standard InChI is InChI=1S/C18H22N2O4/c1-11(2)18(22)24-15-7-6-13(9-16(15)23-5)8-14(10-19)17(21)20-12(3)4/h6-9,11-12H,1-5H3,(H,20,21)/b14-8+. The lowest BCUT2D eigenvalue weighted by atomic mass is 10.1. The Kier molecular flexibility index (Phi) is 6.99. The number of carbonyl (C=O) groups excluding carboxylic acids is 2. The number of hydrogen-bond acceptors (Lipinski definition) is 5. The maximum atomic E-state index is 11.9. The van der Waals surface area contributed by atoms with Gasteiger partial charge in [0.1, 0.15) is 11.6 Å². The Morgan fingerprint density at radius 3 is 2.38 bits per heavy atom. The van der Waals surface area contributed by atoms with E-state index < -0.39 is 5.91 Å². The van der Waals surface area contributed by atoms with Gasteiger partial charge in [0.05, 0.1) is 13.0 Å². The molecule has 0 aliphatic heterocycles. The van der Waals surface area contributed by atoms with Crippen molar-refractivity contribution in [2.45, 2.75) is 33.7 Å². The molecule has 0 aliphatic rings. The van der Waals surface area contributed by atoms with Gasteiger partial charge in [-0.2, -0.15) is 5.26 Å². The molecule has 1 N–H and O–H groups in total. The van der Waals surface area contributed by atoms with Crippen LogP contribution in [0.2, 0.25) is 0 Å². The number of hydrogen-bond donors (Lipinski definition) is 1. The molecule has 0 aliphatic carbocycles. The van der Waals surface area contributed by atoms with E-state index in [2.05, 4.69) is 5.32 Å². The molecule has 0 unspecified atom stereocenters. The summed E-state index contributed by atoms with van der Waals surface area (Å²) in [7, 11) is 1.45. The summed E-state index contributed by atoms with van der Waals surface area (Å²) in [5.41, 5.74) is 0.573.